The van der Waals surface area contributed by atoms with Gasteiger partial charge in [-0.2, -0.15) is 0 Å². The third-order valence-corrected chi connectivity index (χ3v) is 5.12. The molecule has 0 bridgehead atoms. The molecular formula is C18H16N5S+. The molecule has 2 heterocycles. The molecule has 0 spiro atoms. The molecule has 118 valence electrons. The van der Waals surface area contributed by atoms with E-state index >= 15 is 0 Å². The summed E-state index contributed by atoms with van der Waals surface area (Å²) in [6.07, 6.45) is 1.98. The fraction of sp³-hybridized carbons (Fsp3) is 0.111. The topological polar surface area (TPSA) is 45.9 Å². The maximum absolute atomic E-state index is 4.32. The van der Waals surface area contributed by atoms with Crippen LogP contribution in [0.15, 0.2) is 76.2 Å². The highest BCUT2D eigenvalue weighted by atomic mass is 32.1. The van der Waals surface area contributed by atoms with Gasteiger partial charge in [-0.25, -0.2) is 4.57 Å². The van der Waals surface area contributed by atoms with Crippen LogP contribution in [-0.2, 0) is 14.1 Å². The molecule has 0 fully saturated rings. The van der Waals surface area contributed by atoms with Crippen LogP contribution in [0.4, 0.5) is 5.69 Å². The molecule has 2 aromatic carbocycles. The van der Waals surface area contributed by atoms with Gasteiger partial charge >= 0.3 is 0 Å². The Hall–Kier alpha value is -2.86. The van der Waals surface area contributed by atoms with Gasteiger partial charge in [-0.05, 0) is 23.4 Å². The van der Waals surface area contributed by atoms with Gasteiger partial charge in [0.2, 0.25) is 10.3 Å². The molecule has 0 aliphatic rings. The lowest BCUT2D eigenvalue weighted by molar-refractivity contribution is -0.644. The van der Waals surface area contributed by atoms with E-state index in [1.165, 1.54) is 4.70 Å². The summed E-state index contributed by atoms with van der Waals surface area (Å²) in [4.78, 5) is 0.825. The zero-order valence-corrected chi connectivity index (χ0v) is 14.2. The SMILES string of the molecule is Cn1c(=NN=Nc2cc[n+](C)c3ccccc23)sc2ccccc21. The number of rotatable bonds is 2. The van der Waals surface area contributed by atoms with Crippen LogP contribution in [-0.4, -0.2) is 4.57 Å². The van der Waals surface area contributed by atoms with Gasteiger partial charge in [0.1, 0.15) is 12.7 Å². The van der Waals surface area contributed by atoms with Gasteiger partial charge in [-0.15, -0.1) is 10.2 Å². The summed E-state index contributed by atoms with van der Waals surface area (Å²) in [5.74, 6) is 0. The van der Waals surface area contributed by atoms with Gasteiger partial charge in [0, 0.05) is 19.2 Å². The van der Waals surface area contributed by atoms with E-state index in [4.69, 9.17) is 0 Å². The summed E-state index contributed by atoms with van der Waals surface area (Å²) in [5.41, 5.74) is 3.08. The minimum absolute atomic E-state index is 0.816. The third kappa shape index (κ3) is 2.51. The Labute approximate surface area is 142 Å². The summed E-state index contributed by atoms with van der Waals surface area (Å²) < 4.78 is 5.28. The van der Waals surface area contributed by atoms with Crippen LogP contribution in [0.5, 0.6) is 0 Å². The molecule has 0 saturated carbocycles. The number of aromatic nitrogens is 2. The quantitative estimate of drug-likeness (QED) is 0.304. The average Bonchev–Trinajstić information content (AvgIpc) is 2.94. The smallest absolute Gasteiger partial charge is 0.214 e. The van der Waals surface area contributed by atoms with E-state index < -0.39 is 0 Å². The molecular weight excluding hydrogens is 318 g/mol. The molecule has 0 saturated heterocycles. The van der Waals surface area contributed by atoms with Gasteiger partial charge in [0.15, 0.2) is 6.20 Å². The number of pyridine rings is 1. The Kier molecular flexibility index (Phi) is 3.66. The van der Waals surface area contributed by atoms with Crippen LogP contribution in [0.3, 0.4) is 0 Å². The van der Waals surface area contributed by atoms with Crippen molar-refractivity contribution in [2.45, 2.75) is 0 Å². The highest BCUT2D eigenvalue weighted by Crippen LogP contribution is 2.23. The van der Waals surface area contributed by atoms with Crippen molar-refractivity contribution in [1.29, 1.82) is 0 Å². The number of thiazole rings is 1. The lowest BCUT2D eigenvalue weighted by Gasteiger charge is -1.98. The van der Waals surface area contributed by atoms with Crippen molar-refractivity contribution >= 4 is 38.1 Å². The fourth-order valence-corrected chi connectivity index (χ4v) is 3.69. The lowest BCUT2D eigenvalue weighted by atomic mass is 10.2. The molecule has 0 N–H and O–H groups in total. The minimum atomic E-state index is 0.816. The Morgan fingerprint density at radius 1 is 1.00 bits per heavy atom. The van der Waals surface area contributed by atoms with Crippen molar-refractivity contribution in [3.63, 3.8) is 0 Å². The van der Waals surface area contributed by atoms with Crippen LogP contribution in [0.2, 0.25) is 0 Å². The van der Waals surface area contributed by atoms with E-state index in [1.807, 2.05) is 61.3 Å². The van der Waals surface area contributed by atoms with E-state index in [9.17, 15) is 0 Å². The number of para-hydroxylation sites is 2. The molecule has 24 heavy (non-hydrogen) atoms. The van der Waals surface area contributed by atoms with Crippen molar-refractivity contribution < 1.29 is 4.57 Å². The molecule has 0 aliphatic carbocycles. The molecule has 0 unspecified atom stereocenters. The second-order valence-corrected chi connectivity index (χ2v) is 6.54. The Bertz CT molecular complexity index is 1140. The molecule has 5 nitrogen and oxygen atoms in total. The lowest BCUT2D eigenvalue weighted by Crippen LogP contribution is -2.27. The Morgan fingerprint density at radius 3 is 2.67 bits per heavy atom. The highest BCUT2D eigenvalue weighted by molar-refractivity contribution is 7.16. The van der Waals surface area contributed by atoms with Gasteiger partial charge in [-0.1, -0.05) is 35.6 Å². The molecule has 0 amide bonds. The van der Waals surface area contributed by atoms with Gasteiger partial charge in [-0.3, -0.25) is 0 Å². The predicted molar refractivity (Wildman–Crippen MR) is 96.0 cm³/mol. The van der Waals surface area contributed by atoms with Crippen LogP contribution < -0.4 is 9.37 Å². The third-order valence-electron chi connectivity index (χ3n) is 4.01. The number of hydrogen-bond acceptors (Lipinski definition) is 3. The number of hydrogen-bond donors (Lipinski definition) is 0. The maximum Gasteiger partial charge on any atom is 0.214 e. The summed E-state index contributed by atoms with van der Waals surface area (Å²) in [6.45, 7) is 0. The standard InChI is InChI=1S/C18H16N5S/c1-22-12-11-14(13-7-3-4-8-15(13)22)19-21-20-18-23(2)16-9-5-6-10-17(16)24-18/h3-12H,1-2H3/q+1. The average molecular weight is 334 g/mol. The molecule has 0 atom stereocenters. The number of nitrogens with zero attached hydrogens (tertiary/aromatic N) is 5. The summed E-state index contributed by atoms with van der Waals surface area (Å²) in [7, 11) is 4.01. The first-order valence-corrected chi connectivity index (χ1v) is 8.42. The first kappa shape index (κ1) is 14.7. The van der Waals surface area contributed by atoms with Crippen LogP contribution in [0, 0.1) is 0 Å². The molecule has 2 aromatic heterocycles. The molecule has 4 aromatic rings. The van der Waals surface area contributed by atoms with E-state index in [0.717, 1.165) is 26.9 Å². The van der Waals surface area contributed by atoms with Crippen LogP contribution >= 0.6 is 11.3 Å². The van der Waals surface area contributed by atoms with E-state index in [-0.39, 0.29) is 0 Å². The van der Waals surface area contributed by atoms with Crippen LogP contribution in [0.25, 0.3) is 21.1 Å². The van der Waals surface area contributed by atoms with Crippen molar-refractivity contribution in [2.24, 2.45) is 29.5 Å². The highest BCUT2D eigenvalue weighted by Gasteiger charge is 2.08. The van der Waals surface area contributed by atoms with E-state index in [2.05, 4.69) is 38.2 Å². The van der Waals surface area contributed by atoms with E-state index in [1.54, 1.807) is 11.3 Å². The second kappa shape index (κ2) is 5.98. The van der Waals surface area contributed by atoms with Gasteiger partial charge in [0.05, 0.1) is 15.6 Å². The molecule has 0 radical (unpaired) electrons. The Balaban J connectivity index is 1.78. The number of benzene rings is 2. The van der Waals surface area contributed by atoms with E-state index in [0.29, 0.717) is 0 Å². The monoisotopic (exact) mass is 334 g/mol. The van der Waals surface area contributed by atoms with Crippen molar-refractivity contribution in [1.82, 2.24) is 4.57 Å². The van der Waals surface area contributed by atoms with Gasteiger partial charge < -0.3 is 4.57 Å². The maximum atomic E-state index is 4.32. The van der Waals surface area contributed by atoms with Crippen LogP contribution in [0.1, 0.15) is 0 Å². The molecule has 6 heteroatoms. The first-order chi connectivity index (χ1) is 11.7. The summed E-state index contributed by atoms with van der Waals surface area (Å²) in [6, 6.07) is 18.3. The predicted octanol–water partition coefficient (Wildman–Crippen LogP) is 3.82. The number of fused-ring (bicyclic) bond motifs is 2. The second-order valence-electron chi connectivity index (χ2n) is 5.53. The van der Waals surface area contributed by atoms with Crippen molar-refractivity contribution in [2.75, 3.05) is 0 Å². The minimum Gasteiger partial charge on any atom is -0.318 e. The van der Waals surface area contributed by atoms with Crippen molar-refractivity contribution in [3.05, 3.63) is 65.6 Å². The summed E-state index contributed by atoms with van der Waals surface area (Å²) in [5, 5.41) is 13.8. The zero-order valence-electron chi connectivity index (χ0n) is 13.4. The first-order valence-electron chi connectivity index (χ1n) is 7.61. The number of aryl methyl sites for hydroxylation is 2. The molecule has 4 rings (SSSR count). The fourth-order valence-electron chi connectivity index (χ4n) is 2.72. The van der Waals surface area contributed by atoms with Crippen molar-refractivity contribution in [3.8, 4) is 0 Å². The molecule has 0 aliphatic heterocycles. The Morgan fingerprint density at radius 2 is 1.79 bits per heavy atom. The van der Waals surface area contributed by atoms with Gasteiger partial charge in [0.25, 0.3) is 0 Å². The normalized spacial score (nSPS) is 12.7. The zero-order chi connectivity index (χ0) is 16.5. The largest absolute Gasteiger partial charge is 0.318 e. The summed E-state index contributed by atoms with van der Waals surface area (Å²) >= 11 is 1.60.